The normalized spacial score (nSPS) is 16.0. The van der Waals surface area contributed by atoms with Gasteiger partial charge in [0.25, 0.3) is 5.91 Å². The van der Waals surface area contributed by atoms with Gasteiger partial charge in [0.2, 0.25) is 0 Å². The van der Waals surface area contributed by atoms with E-state index in [2.05, 4.69) is 15.2 Å². The third-order valence-corrected chi connectivity index (χ3v) is 4.77. The van der Waals surface area contributed by atoms with Crippen molar-refractivity contribution in [1.29, 1.82) is 0 Å². The van der Waals surface area contributed by atoms with Crippen LogP contribution in [-0.4, -0.2) is 43.7 Å². The van der Waals surface area contributed by atoms with Gasteiger partial charge < -0.3 is 9.42 Å². The van der Waals surface area contributed by atoms with E-state index in [1.54, 1.807) is 13.1 Å². The molecule has 1 aliphatic heterocycles. The second kappa shape index (κ2) is 5.74. The Hall–Kier alpha value is -2.70. The zero-order chi connectivity index (χ0) is 16.7. The van der Waals surface area contributed by atoms with Crippen molar-refractivity contribution in [2.75, 3.05) is 13.1 Å². The fourth-order valence-corrected chi connectivity index (χ4v) is 3.49. The van der Waals surface area contributed by atoms with Crippen LogP contribution in [0.2, 0.25) is 0 Å². The van der Waals surface area contributed by atoms with E-state index in [0.29, 0.717) is 22.9 Å². The van der Waals surface area contributed by atoms with E-state index < -0.39 is 0 Å². The number of aryl methyl sites for hydroxylation is 2. The van der Waals surface area contributed by atoms with Gasteiger partial charge in [-0.1, -0.05) is 5.16 Å². The summed E-state index contributed by atoms with van der Waals surface area (Å²) < 4.78 is 7.02. The van der Waals surface area contributed by atoms with Gasteiger partial charge in [0.15, 0.2) is 5.65 Å². The summed E-state index contributed by atoms with van der Waals surface area (Å²) in [5, 5.41) is 8.25. The Labute approximate surface area is 139 Å². The number of piperidine rings is 1. The SMILES string of the molecule is Cc1noc(C)c1C(=O)N1CCC(c2ccnc3ccnn23)CC1. The third-order valence-electron chi connectivity index (χ3n) is 4.77. The largest absolute Gasteiger partial charge is 0.361 e. The molecule has 0 aliphatic carbocycles. The highest BCUT2D eigenvalue weighted by Gasteiger charge is 2.29. The quantitative estimate of drug-likeness (QED) is 0.723. The zero-order valence-corrected chi connectivity index (χ0v) is 13.8. The number of amides is 1. The molecule has 0 atom stereocenters. The van der Waals surface area contributed by atoms with Crippen molar-refractivity contribution in [2.24, 2.45) is 0 Å². The van der Waals surface area contributed by atoms with Gasteiger partial charge in [-0.15, -0.1) is 0 Å². The molecule has 0 spiro atoms. The first kappa shape index (κ1) is 14.9. The fraction of sp³-hybridized carbons (Fsp3) is 0.412. The van der Waals surface area contributed by atoms with Crippen molar-refractivity contribution in [3.63, 3.8) is 0 Å². The molecule has 3 aromatic heterocycles. The fourth-order valence-electron chi connectivity index (χ4n) is 3.49. The maximum Gasteiger partial charge on any atom is 0.259 e. The number of hydrogen-bond acceptors (Lipinski definition) is 5. The maximum atomic E-state index is 12.7. The highest BCUT2D eigenvalue weighted by molar-refractivity contribution is 5.96. The Kier molecular flexibility index (Phi) is 3.55. The molecule has 0 radical (unpaired) electrons. The van der Waals surface area contributed by atoms with Gasteiger partial charge in [0, 0.05) is 37.0 Å². The van der Waals surface area contributed by atoms with Crippen molar-refractivity contribution < 1.29 is 9.32 Å². The van der Waals surface area contributed by atoms with Crippen LogP contribution >= 0.6 is 0 Å². The van der Waals surface area contributed by atoms with Gasteiger partial charge in [-0.2, -0.15) is 5.10 Å². The van der Waals surface area contributed by atoms with Crippen molar-refractivity contribution in [2.45, 2.75) is 32.6 Å². The molecule has 1 fully saturated rings. The van der Waals surface area contributed by atoms with Crippen LogP contribution in [0.15, 0.2) is 29.0 Å². The molecule has 7 nitrogen and oxygen atoms in total. The summed E-state index contributed by atoms with van der Waals surface area (Å²) in [5.41, 5.74) is 3.29. The number of aromatic nitrogens is 4. The van der Waals surface area contributed by atoms with Crippen LogP contribution in [0.25, 0.3) is 5.65 Å². The van der Waals surface area contributed by atoms with Gasteiger partial charge >= 0.3 is 0 Å². The molecule has 0 bridgehead atoms. The second-order valence-corrected chi connectivity index (χ2v) is 6.24. The summed E-state index contributed by atoms with van der Waals surface area (Å²) in [7, 11) is 0. The number of fused-ring (bicyclic) bond motifs is 1. The maximum absolute atomic E-state index is 12.7. The highest BCUT2D eigenvalue weighted by Crippen LogP contribution is 2.29. The number of rotatable bonds is 2. The van der Waals surface area contributed by atoms with Crippen LogP contribution in [0.4, 0.5) is 0 Å². The van der Waals surface area contributed by atoms with Crippen LogP contribution in [0.5, 0.6) is 0 Å². The van der Waals surface area contributed by atoms with Crippen LogP contribution in [-0.2, 0) is 0 Å². The monoisotopic (exact) mass is 325 g/mol. The molecular formula is C17H19N5O2. The lowest BCUT2D eigenvalue weighted by molar-refractivity contribution is 0.0709. The topological polar surface area (TPSA) is 76.5 Å². The summed E-state index contributed by atoms with van der Waals surface area (Å²) >= 11 is 0. The molecule has 7 heteroatoms. The minimum absolute atomic E-state index is 0.0173. The van der Waals surface area contributed by atoms with E-state index >= 15 is 0 Å². The van der Waals surface area contributed by atoms with Crippen molar-refractivity contribution in [1.82, 2.24) is 24.7 Å². The molecule has 1 aliphatic rings. The average molecular weight is 325 g/mol. The average Bonchev–Trinajstić information content (AvgIpc) is 3.21. The van der Waals surface area contributed by atoms with Crippen molar-refractivity contribution in [3.05, 3.63) is 47.2 Å². The molecule has 1 saturated heterocycles. The molecule has 3 aromatic rings. The molecule has 124 valence electrons. The van der Waals surface area contributed by atoms with Crippen LogP contribution < -0.4 is 0 Å². The van der Waals surface area contributed by atoms with E-state index in [4.69, 9.17) is 4.52 Å². The van der Waals surface area contributed by atoms with E-state index in [1.807, 2.05) is 34.7 Å². The Morgan fingerprint density at radius 2 is 2.00 bits per heavy atom. The molecular weight excluding hydrogens is 306 g/mol. The van der Waals surface area contributed by atoms with E-state index in [0.717, 1.165) is 37.3 Å². The predicted octanol–water partition coefficient (Wildman–Crippen LogP) is 2.35. The van der Waals surface area contributed by atoms with Gasteiger partial charge in [0.1, 0.15) is 11.3 Å². The molecule has 1 amide bonds. The number of carbonyl (C=O) groups excluding carboxylic acids is 1. The minimum atomic E-state index is 0.0173. The van der Waals surface area contributed by atoms with Gasteiger partial charge in [-0.05, 0) is 32.8 Å². The summed E-state index contributed by atoms with van der Waals surface area (Å²) in [6.07, 6.45) is 5.41. The molecule has 0 aromatic carbocycles. The molecule has 0 unspecified atom stereocenters. The molecule has 4 heterocycles. The first-order valence-corrected chi connectivity index (χ1v) is 8.16. The zero-order valence-electron chi connectivity index (χ0n) is 13.8. The Balaban J connectivity index is 1.51. The molecule has 0 N–H and O–H groups in total. The van der Waals surface area contributed by atoms with Gasteiger partial charge in [0.05, 0.1) is 11.9 Å². The van der Waals surface area contributed by atoms with Crippen molar-refractivity contribution in [3.8, 4) is 0 Å². The van der Waals surface area contributed by atoms with E-state index in [-0.39, 0.29) is 5.91 Å². The second-order valence-electron chi connectivity index (χ2n) is 6.24. The first-order valence-electron chi connectivity index (χ1n) is 8.16. The highest BCUT2D eigenvalue weighted by atomic mass is 16.5. The molecule has 24 heavy (non-hydrogen) atoms. The third kappa shape index (κ3) is 2.36. The van der Waals surface area contributed by atoms with Crippen LogP contribution in [0, 0.1) is 13.8 Å². The van der Waals surface area contributed by atoms with Gasteiger partial charge in [-0.3, -0.25) is 4.79 Å². The van der Waals surface area contributed by atoms with Gasteiger partial charge in [-0.25, -0.2) is 9.50 Å². The van der Waals surface area contributed by atoms with E-state index in [9.17, 15) is 4.79 Å². The number of hydrogen-bond donors (Lipinski definition) is 0. The van der Waals surface area contributed by atoms with Crippen LogP contribution in [0.1, 0.15) is 46.3 Å². The lowest BCUT2D eigenvalue weighted by Crippen LogP contribution is -2.38. The van der Waals surface area contributed by atoms with E-state index in [1.165, 1.54) is 0 Å². The Morgan fingerprint density at radius 1 is 1.21 bits per heavy atom. The first-order chi connectivity index (χ1) is 11.6. The Morgan fingerprint density at radius 3 is 2.71 bits per heavy atom. The number of nitrogens with zero attached hydrogens (tertiary/aromatic N) is 5. The lowest BCUT2D eigenvalue weighted by atomic mass is 9.92. The minimum Gasteiger partial charge on any atom is -0.361 e. The standard InChI is InChI=1S/C17H19N5O2/c1-11-16(12(2)24-20-11)17(23)21-9-5-13(6-10-21)14-3-7-18-15-4-8-19-22(14)15/h3-4,7-8,13H,5-6,9-10H2,1-2H3. The van der Waals surface area contributed by atoms with Crippen LogP contribution in [0.3, 0.4) is 0 Å². The number of carbonyl (C=O) groups is 1. The Bertz CT molecular complexity index is 870. The molecule has 4 rings (SSSR count). The van der Waals surface area contributed by atoms with Crippen molar-refractivity contribution >= 4 is 11.6 Å². The number of likely N-dealkylation sites (tertiary alicyclic amines) is 1. The summed E-state index contributed by atoms with van der Waals surface area (Å²) in [5.74, 6) is 0.986. The smallest absolute Gasteiger partial charge is 0.259 e. The molecule has 0 saturated carbocycles. The lowest BCUT2D eigenvalue weighted by Gasteiger charge is -2.32. The summed E-state index contributed by atoms with van der Waals surface area (Å²) in [6, 6.07) is 3.93. The summed E-state index contributed by atoms with van der Waals surface area (Å²) in [6.45, 7) is 5.03. The predicted molar refractivity (Wildman–Crippen MR) is 86.8 cm³/mol. The summed E-state index contributed by atoms with van der Waals surface area (Å²) in [4.78, 5) is 18.9.